The zero-order chi connectivity index (χ0) is 19.8. The molecular formula is C14H37N3O5. The molecule has 0 saturated carbocycles. The zero-order valence-electron chi connectivity index (χ0n) is 16.5. The van der Waals surface area contributed by atoms with Gasteiger partial charge >= 0.3 is 0 Å². The molecule has 0 fully saturated rings. The summed E-state index contributed by atoms with van der Waals surface area (Å²) in [6, 6.07) is 0. The third kappa shape index (κ3) is 3040. The molecule has 0 heterocycles. The predicted octanol–water partition coefficient (Wildman–Crippen LogP) is -3.11. The summed E-state index contributed by atoms with van der Waals surface area (Å²) in [6.45, 7) is -0.500. The first-order valence-electron chi connectivity index (χ1n) is 6.45. The summed E-state index contributed by atoms with van der Waals surface area (Å²) < 4.78 is 3.00. The van der Waals surface area contributed by atoms with Crippen LogP contribution in [0.25, 0.3) is 0 Å². The van der Waals surface area contributed by atoms with Gasteiger partial charge in [-0.3, -0.25) is 0 Å². The second kappa shape index (κ2) is 16.0. The van der Waals surface area contributed by atoms with Crippen molar-refractivity contribution in [3.8, 4) is 0 Å². The fourth-order valence-electron chi connectivity index (χ4n) is 0. The Labute approximate surface area is 136 Å². The second-order valence-electron chi connectivity index (χ2n) is 8.40. The molecule has 0 aromatic rings. The Kier molecular flexibility index (Phi) is 23.7. The molecular weight excluding hydrogens is 290 g/mol. The number of quaternary nitrogens is 3. The lowest BCUT2D eigenvalue weighted by Crippen LogP contribution is -2.37. The van der Waals surface area contributed by atoms with E-state index >= 15 is 0 Å². The highest BCUT2D eigenvalue weighted by Crippen LogP contribution is 1.74. The molecule has 0 saturated heterocycles. The summed E-state index contributed by atoms with van der Waals surface area (Å²) in [5.41, 5.74) is 0. The quantitative estimate of drug-likeness (QED) is 0.346. The normalized spacial score (nSPS) is 9.82. The van der Waals surface area contributed by atoms with E-state index in [1.54, 1.807) is 0 Å². The van der Waals surface area contributed by atoms with Crippen molar-refractivity contribution in [1.29, 1.82) is 0 Å². The maximum Gasteiger partial charge on any atom is 0.0675 e. The van der Waals surface area contributed by atoms with Crippen molar-refractivity contribution in [2.75, 3.05) is 84.6 Å². The van der Waals surface area contributed by atoms with Gasteiger partial charge in [0.2, 0.25) is 0 Å². The van der Waals surface area contributed by atoms with E-state index < -0.39 is 12.6 Å². The van der Waals surface area contributed by atoms with Gasteiger partial charge in [-0.1, -0.05) is 0 Å². The summed E-state index contributed by atoms with van der Waals surface area (Å²) in [6.07, 6.45) is -2.33. The third-order valence-corrected chi connectivity index (χ3v) is 0. The SMILES string of the molecule is C[N+](C)(C)C.C[N+](C)(C)C.C[N+](C)(C)C.O=C([O-])[O-].O=C[O-]. The van der Waals surface area contributed by atoms with Crippen LogP contribution in [0.3, 0.4) is 0 Å². The van der Waals surface area contributed by atoms with Crippen LogP contribution in [0, 0.1) is 0 Å². The summed E-state index contributed by atoms with van der Waals surface area (Å²) in [5.74, 6) is 0. The maximum absolute atomic E-state index is 8.33. The molecule has 22 heavy (non-hydrogen) atoms. The summed E-state index contributed by atoms with van der Waals surface area (Å²) in [4.78, 5) is 16.6. The van der Waals surface area contributed by atoms with Gasteiger partial charge in [-0.15, -0.1) is 0 Å². The third-order valence-electron chi connectivity index (χ3n) is 0. The first-order chi connectivity index (χ1) is 9.15. The highest BCUT2D eigenvalue weighted by Gasteiger charge is 1.89. The molecule has 0 aliphatic heterocycles. The average molecular weight is 327 g/mol. The first-order valence-corrected chi connectivity index (χ1v) is 6.45. The number of hydrogen-bond donors (Lipinski definition) is 0. The van der Waals surface area contributed by atoms with Crippen LogP contribution >= 0.6 is 0 Å². The standard InChI is InChI=1S/3C4H12N.CH2O3.CH2O2/c3*1-5(2,3)4;2-1(3)4;2-1-3/h3*1-4H3;(H2,2,3,4);1H,(H,2,3)/q3*+1;;/p-3. The fourth-order valence-corrected chi connectivity index (χ4v) is 0. The van der Waals surface area contributed by atoms with Crippen LogP contribution in [0.1, 0.15) is 0 Å². The first kappa shape index (κ1) is 32.5. The molecule has 0 N–H and O–H groups in total. The zero-order valence-corrected chi connectivity index (χ0v) is 16.5. The largest absolute Gasteiger partial charge is 0.652 e. The smallest absolute Gasteiger partial charge is 0.0675 e. The molecule has 138 valence electrons. The van der Waals surface area contributed by atoms with Crippen LogP contribution < -0.4 is 15.3 Å². The Balaban J connectivity index is -0.0000000554. The topological polar surface area (TPSA) is 103 Å². The van der Waals surface area contributed by atoms with Crippen LogP contribution in [0.15, 0.2) is 0 Å². The van der Waals surface area contributed by atoms with Gasteiger partial charge in [0.05, 0.1) is 84.6 Å². The van der Waals surface area contributed by atoms with E-state index in [0.29, 0.717) is 0 Å². The minimum absolute atomic E-state index is 0.500. The Morgan fingerprint density at radius 2 is 0.636 bits per heavy atom. The molecule has 0 unspecified atom stereocenters. The number of rotatable bonds is 0. The van der Waals surface area contributed by atoms with Crippen molar-refractivity contribution in [3.05, 3.63) is 0 Å². The molecule has 0 aliphatic rings. The molecule has 0 bridgehead atoms. The molecule has 8 heteroatoms. The van der Waals surface area contributed by atoms with Gasteiger partial charge in [-0.25, -0.2) is 0 Å². The van der Waals surface area contributed by atoms with Crippen molar-refractivity contribution < 1.29 is 38.4 Å². The number of carbonyl (C=O) groups is 2. The molecule has 0 atom stereocenters. The highest BCUT2D eigenvalue weighted by molar-refractivity contribution is 5.47. The lowest BCUT2D eigenvalue weighted by Gasteiger charge is -2.14. The lowest BCUT2D eigenvalue weighted by molar-refractivity contribution is -0.849. The number of carboxylic acid groups (broad SMARTS) is 3. The highest BCUT2D eigenvalue weighted by atomic mass is 16.6. The Morgan fingerprint density at radius 1 is 0.636 bits per heavy atom. The van der Waals surface area contributed by atoms with Gasteiger partial charge in [0, 0.05) is 6.47 Å². The van der Waals surface area contributed by atoms with Crippen molar-refractivity contribution >= 4 is 12.6 Å². The van der Waals surface area contributed by atoms with E-state index in [9.17, 15) is 0 Å². The van der Waals surface area contributed by atoms with Gasteiger partial charge in [-0.2, -0.15) is 0 Å². The number of nitrogens with zero attached hydrogens (tertiary/aromatic N) is 3. The minimum atomic E-state index is -2.33. The second-order valence-corrected chi connectivity index (χ2v) is 8.40. The monoisotopic (exact) mass is 327 g/mol. The van der Waals surface area contributed by atoms with Gasteiger partial charge in [0.15, 0.2) is 0 Å². The van der Waals surface area contributed by atoms with E-state index in [0.717, 1.165) is 13.4 Å². The molecule has 0 aromatic heterocycles. The summed E-state index contributed by atoms with van der Waals surface area (Å²) in [5, 5.41) is 24.9. The minimum Gasteiger partial charge on any atom is -0.652 e. The average Bonchev–Trinajstić information content (AvgIpc) is 1.89. The van der Waals surface area contributed by atoms with E-state index in [-0.39, 0.29) is 0 Å². The Bertz CT molecular complexity index is 200. The van der Waals surface area contributed by atoms with Gasteiger partial charge in [0.25, 0.3) is 0 Å². The molecule has 0 aromatic carbocycles. The van der Waals surface area contributed by atoms with Crippen molar-refractivity contribution in [1.82, 2.24) is 0 Å². The number of carbonyl (C=O) groups excluding carboxylic acids is 2. The van der Waals surface area contributed by atoms with E-state index in [2.05, 4.69) is 84.6 Å². The summed E-state index contributed by atoms with van der Waals surface area (Å²) in [7, 11) is 25.5. The van der Waals surface area contributed by atoms with E-state index in [1.807, 2.05) is 0 Å². The van der Waals surface area contributed by atoms with E-state index in [4.69, 9.17) is 24.9 Å². The van der Waals surface area contributed by atoms with Crippen molar-refractivity contribution in [3.63, 3.8) is 0 Å². The van der Waals surface area contributed by atoms with Crippen LogP contribution in [-0.4, -0.2) is 111 Å². The van der Waals surface area contributed by atoms with Crippen molar-refractivity contribution in [2.24, 2.45) is 0 Å². The number of hydrogen-bond acceptors (Lipinski definition) is 5. The summed E-state index contributed by atoms with van der Waals surface area (Å²) >= 11 is 0. The predicted molar refractivity (Wildman–Crippen MR) is 83.3 cm³/mol. The molecule has 0 radical (unpaired) electrons. The van der Waals surface area contributed by atoms with Crippen LogP contribution in [-0.2, 0) is 4.79 Å². The van der Waals surface area contributed by atoms with Gasteiger partial charge in [-0.05, 0) is 6.16 Å². The van der Waals surface area contributed by atoms with Crippen LogP contribution in [0.5, 0.6) is 0 Å². The lowest BCUT2D eigenvalue weighted by atomic mass is 10.8. The molecule has 8 nitrogen and oxygen atoms in total. The Hall–Kier alpha value is -1.38. The molecule has 0 rings (SSSR count). The van der Waals surface area contributed by atoms with Crippen LogP contribution in [0.4, 0.5) is 4.79 Å². The fraction of sp³-hybridized carbons (Fsp3) is 0.857. The van der Waals surface area contributed by atoms with Crippen molar-refractivity contribution in [2.45, 2.75) is 0 Å². The van der Waals surface area contributed by atoms with Gasteiger partial charge in [0.1, 0.15) is 0 Å². The van der Waals surface area contributed by atoms with E-state index in [1.165, 1.54) is 0 Å². The maximum atomic E-state index is 8.33. The van der Waals surface area contributed by atoms with Crippen LogP contribution in [0.2, 0.25) is 0 Å². The Morgan fingerprint density at radius 3 is 0.636 bits per heavy atom. The molecule has 0 aliphatic carbocycles. The van der Waals surface area contributed by atoms with Gasteiger partial charge < -0.3 is 38.4 Å². The molecule has 0 spiro atoms. The molecule has 0 amide bonds.